The van der Waals surface area contributed by atoms with Gasteiger partial charge < -0.3 is 9.73 Å². The molecule has 0 bridgehead atoms. The summed E-state index contributed by atoms with van der Waals surface area (Å²) in [5.74, 6) is 0.414. The van der Waals surface area contributed by atoms with Crippen LogP contribution in [0, 0.1) is 0 Å². The Morgan fingerprint density at radius 1 is 1.64 bits per heavy atom. The maximum atomic E-state index is 11.4. The summed E-state index contributed by atoms with van der Waals surface area (Å²) in [5.41, 5.74) is 0.490. The lowest BCUT2D eigenvalue weighted by atomic mass is 10.3. The van der Waals surface area contributed by atoms with E-state index in [1.54, 1.807) is 6.07 Å². The van der Waals surface area contributed by atoms with Gasteiger partial charge in [-0.15, -0.1) is 0 Å². The second-order valence-electron chi connectivity index (χ2n) is 2.63. The van der Waals surface area contributed by atoms with Crippen molar-refractivity contribution in [3.63, 3.8) is 0 Å². The van der Waals surface area contributed by atoms with Gasteiger partial charge in [0.05, 0.1) is 18.4 Å². The van der Waals surface area contributed by atoms with Crippen LogP contribution in [0.2, 0.25) is 0 Å². The van der Waals surface area contributed by atoms with Gasteiger partial charge in [0.2, 0.25) is 0 Å². The Balaban J connectivity index is 1.90. The summed E-state index contributed by atoms with van der Waals surface area (Å²) in [6.45, 7) is 0.323. The van der Waals surface area contributed by atoms with Crippen molar-refractivity contribution < 1.29 is 9.21 Å². The maximum Gasteiger partial charge on any atom is 0.254 e. The van der Waals surface area contributed by atoms with E-state index in [9.17, 15) is 4.79 Å². The molecule has 1 amide bonds. The zero-order valence-corrected chi connectivity index (χ0v) is 7.23. The highest BCUT2D eigenvalue weighted by Crippen LogP contribution is 1.99. The minimum atomic E-state index is -0.199. The number of hydrogen-bond acceptors (Lipinski definition) is 4. The van der Waals surface area contributed by atoms with Gasteiger partial charge in [-0.3, -0.25) is 9.89 Å². The van der Waals surface area contributed by atoms with Crippen LogP contribution in [0.3, 0.4) is 0 Å². The highest BCUT2D eigenvalue weighted by Gasteiger charge is 2.06. The van der Waals surface area contributed by atoms with Gasteiger partial charge in [0.25, 0.3) is 5.91 Å². The molecule has 2 aromatic rings. The van der Waals surface area contributed by atoms with E-state index in [1.807, 2.05) is 0 Å². The molecule has 0 fully saturated rings. The van der Waals surface area contributed by atoms with Gasteiger partial charge in [0.1, 0.15) is 18.4 Å². The second kappa shape index (κ2) is 3.73. The average Bonchev–Trinajstić information content (AvgIpc) is 2.87. The topological polar surface area (TPSA) is 83.8 Å². The molecule has 2 rings (SSSR count). The number of aromatic amines is 1. The van der Waals surface area contributed by atoms with E-state index in [0.717, 1.165) is 0 Å². The molecule has 6 heteroatoms. The molecule has 72 valence electrons. The molecule has 2 aromatic heterocycles. The Bertz CT molecular complexity index is 393. The van der Waals surface area contributed by atoms with Gasteiger partial charge in [-0.25, -0.2) is 4.98 Å². The monoisotopic (exact) mass is 192 g/mol. The first-order valence-electron chi connectivity index (χ1n) is 4.01. The smallest absolute Gasteiger partial charge is 0.254 e. The summed E-state index contributed by atoms with van der Waals surface area (Å²) < 4.78 is 4.78. The summed E-state index contributed by atoms with van der Waals surface area (Å²) in [5, 5.41) is 8.95. The zero-order chi connectivity index (χ0) is 9.80. The minimum Gasteiger partial charge on any atom is -0.472 e. The average molecular weight is 192 g/mol. The Labute approximate surface area is 79.3 Å². The molecule has 0 aliphatic heterocycles. The Morgan fingerprint density at radius 3 is 3.21 bits per heavy atom. The predicted molar refractivity (Wildman–Crippen MR) is 46.3 cm³/mol. The van der Waals surface area contributed by atoms with E-state index in [0.29, 0.717) is 17.9 Å². The van der Waals surface area contributed by atoms with Gasteiger partial charge in [-0.05, 0) is 6.07 Å². The molecule has 0 spiro atoms. The van der Waals surface area contributed by atoms with Crippen LogP contribution in [0.25, 0.3) is 0 Å². The van der Waals surface area contributed by atoms with Crippen LogP contribution >= 0.6 is 0 Å². The van der Waals surface area contributed by atoms with E-state index in [2.05, 4.69) is 20.5 Å². The van der Waals surface area contributed by atoms with Crippen molar-refractivity contribution in [3.8, 4) is 0 Å². The van der Waals surface area contributed by atoms with Gasteiger partial charge in [0.15, 0.2) is 0 Å². The van der Waals surface area contributed by atoms with Crippen molar-refractivity contribution in [1.29, 1.82) is 0 Å². The van der Waals surface area contributed by atoms with Gasteiger partial charge >= 0.3 is 0 Å². The molecule has 0 saturated heterocycles. The molecule has 0 radical (unpaired) electrons. The van der Waals surface area contributed by atoms with Crippen molar-refractivity contribution in [2.24, 2.45) is 0 Å². The highest BCUT2D eigenvalue weighted by atomic mass is 16.3. The molecular weight excluding hydrogens is 184 g/mol. The maximum absolute atomic E-state index is 11.4. The zero-order valence-electron chi connectivity index (χ0n) is 7.23. The third-order valence-corrected chi connectivity index (χ3v) is 1.66. The van der Waals surface area contributed by atoms with Gasteiger partial charge in [-0.1, -0.05) is 0 Å². The number of H-pyrrole nitrogens is 1. The van der Waals surface area contributed by atoms with Crippen molar-refractivity contribution in [1.82, 2.24) is 20.5 Å². The molecule has 0 aliphatic rings. The normalized spacial score (nSPS) is 10.0. The lowest BCUT2D eigenvalue weighted by Gasteiger charge is -1.98. The lowest BCUT2D eigenvalue weighted by molar-refractivity contribution is 0.0949. The number of furan rings is 1. The predicted octanol–water partition coefficient (Wildman–Crippen LogP) is 0.328. The van der Waals surface area contributed by atoms with Crippen LogP contribution in [-0.4, -0.2) is 21.1 Å². The number of hydrogen-bond donors (Lipinski definition) is 2. The van der Waals surface area contributed by atoms with Crippen LogP contribution in [0.1, 0.15) is 16.2 Å². The van der Waals surface area contributed by atoms with Crippen molar-refractivity contribution in [2.45, 2.75) is 6.54 Å². The van der Waals surface area contributed by atoms with Gasteiger partial charge in [-0.2, -0.15) is 5.10 Å². The number of carbonyl (C=O) groups is 1. The largest absolute Gasteiger partial charge is 0.472 e. The first-order chi connectivity index (χ1) is 6.86. The Morgan fingerprint density at radius 2 is 2.57 bits per heavy atom. The number of amides is 1. The summed E-state index contributed by atoms with van der Waals surface area (Å²) >= 11 is 0. The SMILES string of the molecule is O=C(NCc1ncn[nH]1)c1ccoc1. The third-order valence-electron chi connectivity index (χ3n) is 1.66. The molecule has 2 N–H and O–H groups in total. The molecule has 0 aromatic carbocycles. The number of nitrogens with one attached hydrogen (secondary N) is 2. The van der Waals surface area contributed by atoms with E-state index < -0.39 is 0 Å². The number of nitrogens with zero attached hydrogens (tertiary/aromatic N) is 2. The molecule has 0 aliphatic carbocycles. The molecule has 6 nitrogen and oxygen atoms in total. The fourth-order valence-electron chi connectivity index (χ4n) is 0.976. The van der Waals surface area contributed by atoms with E-state index >= 15 is 0 Å². The third kappa shape index (κ3) is 1.79. The standard InChI is InChI=1S/C8H8N4O2/c13-8(6-1-2-14-4-6)9-3-7-10-5-11-12-7/h1-2,4-5H,3H2,(H,9,13)(H,10,11,12). The fraction of sp³-hybridized carbons (Fsp3) is 0.125. The minimum absolute atomic E-state index is 0.199. The quantitative estimate of drug-likeness (QED) is 0.733. The summed E-state index contributed by atoms with van der Waals surface area (Å²) in [6, 6.07) is 1.59. The Hall–Kier alpha value is -2.11. The first kappa shape index (κ1) is 8.49. The number of rotatable bonds is 3. The van der Waals surface area contributed by atoms with E-state index in [-0.39, 0.29) is 5.91 Å². The highest BCUT2D eigenvalue weighted by molar-refractivity contribution is 5.93. The second-order valence-corrected chi connectivity index (χ2v) is 2.63. The van der Waals surface area contributed by atoms with Crippen molar-refractivity contribution in [2.75, 3.05) is 0 Å². The van der Waals surface area contributed by atoms with Crippen LogP contribution in [0.4, 0.5) is 0 Å². The Kier molecular flexibility index (Phi) is 2.26. The van der Waals surface area contributed by atoms with E-state index in [1.165, 1.54) is 18.9 Å². The number of carbonyl (C=O) groups excluding carboxylic acids is 1. The summed E-state index contributed by atoms with van der Waals surface area (Å²) in [4.78, 5) is 15.2. The number of aromatic nitrogens is 3. The molecule has 14 heavy (non-hydrogen) atoms. The van der Waals surface area contributed by atoms with Crippen LogP contribution in [-0.2, 0) is 6.54 Å². The molecule has 2 heterocycles. The molecule has 0 unspecified atom stereocenters. The van der Waals surface area contributed by atoms with Gasteiger partial charge in [0, 0.05) is 0 Å². The van der Waals surface area contributed by atoms with Crippen molar-refractivity contribution in [3.05, 3.63) is 36.3 Å². The summed E-state index contributed by atoms with van der Waals surface area (Å²) in [6.07, 6.45) is 4.22. The fourth-order valence-corrected chi connectivity index (χ4v) is 0.976. The lowest BCUT2D eigenvalue weighted by Crippen LogP contribution is -2.22. The first-order valence-corrected chi connectivity index (χ1v) is 4.01. The molecule has 0 saturated carbocycles. The van der Waals surface area contributed by atoms with Crippen LogP contribution in [0.15, 0.2) is 29.3 Å². The van der Waals surface area contributed by atoms with Crippen LogP contribution < -0.4 is 5.32 Å². The van der Waals surface area contributed by atoms with Crippen LogP contribution in [0.5, 0.6) is 0 Å². The molecule has 0 atom stereocenters. The summed E-state index contributed by atoms with van der Waals surface area (Å²) in [7, 11) is 0. The van der Waals surface area contributed by atoms with Crippen molar-refractivity contribution >= 4 is 5.91 Å². The van der Waals surface area contributed by atoms with E-state index in [4.69, 9.17) is 4.42 Å². The molecular formula is C8H8N4O2.